The maximum Gasteiger partial charge on any atom is 0.0702 e. The maximum atomic E-state index is 6.47. The van der Waals surface area contributed by atoms with E-state index in [1.54, 1.807) is 0 Å². The van der Waals surface area contributed by atoms with Crippen molar-refractivity contribution >= 4 is 27.3 Å². The zero-order valence-corrected chi connectivity index (χ0v) is 13.9. The third-order valence-corrected chi connectivity index (χ3v) is 6.00. The van der Waals surface area contributed by atoms with Gasteiger partial charge < -0.3 is 5.73 Å². The van der Waals surface area contributed by atoms with Crippen molar-refractivity contribution in [3.8, 4) is 0 Å². The van der Waals surface area contributed by atoms with Crippen LogP contribution in [-0.2, 0) is 0 Å². The molecule has 2 atom stereocenters. The Kier molecular flexibility index (Phi) is 4.32. The molecule has 2 saturated carbocycles. The molecule has 0 radical (unpaired) electrons. The van der Waals surface area contributed by atoms with E-state index in [0.717, 1.165) is 18.4 Å². The van der Waals surface area contributed by atoms with E-state index in [2.05, 4.69) is 39.9 Å². The summed E-state index contributed by atoms with van der Waals surface area (Å²) in [5.41, 5.74) is 6.47. The lowest BCUT2D eigenvalue weighted by Crippen LogP contribution is -2.42. The van der Waals surface area contributed by atoms with E-state index in [-0.39, 0.29) is 6.04 Å². The topological polar surface area (TPSA) is 29.3 Å². The number of rotatable bonds is 7. The first kappa shape index (κ1) is 14.1. The molecule has 0 spiro atoms. The van der Waals surface area contributed by atoms with Crippen LogP contribution in [0, 0.1) is 5.92 Å². The normalized spacial score (nSPS) is 22.7. The van der Waals surface area contributed by atoms with Crippen LogP contribution in [0.1, 0.15) is 49.9 Å². The number of halogens is 1. The van der Waals surface area contributed by atoms with Crippen molar-refractivity contribution in [3.05, 3.63) is 20.8 Å². The number of nitrogens with two attached hydrogens (primary N) is 1. The third kappa shape index (κ3) is 3.41. The Balaban J connectivity index is 1.82. The molecular formula is C15H23BrN2S. The predicted molar refractivity (Wildman–Crippen MR) is 85.5 cm³/mol. The van der Waals surface area contributed by atoms with E-state index in [9.17, 15) is 0 Å². The van der Waals surface area contributed by atoms with Crippen molar-refractivity contribution in [3.63, 3.8) is 0 Å². The third-order valence-electron chi connectivity index (χ3n) is 4.30. The number of thiophene rings is 1. The Morgan fingerprint density at radius 1 is 1.37 bits per heavy atom. The molecule has 1 aromatic rings. The minimum atomic E-state index is 0.255. The molecule has 1 heterocycles. The van der Waals surface area contributed by atoms with Crippen LogP contribution in [-0.4, -0.2) is 23.5 Å². The van der Waals surface area contributed by atoms with Gasteiger partial charge in [-0.05, 0) is 66.1 Å². The molecule has 2 N–H and O–H groups in total. The van der Waals surface area contributed by atoms with Crippen LogP contribution >= 0.6 is 27.3 Å². The van der Waals surface area contributed by atoms with Gasteiger partial charge >= 0.3 is 0 Å². The number of hydrogen-bond acceptors (Lipinski definition) is 3. The van der Waals surface area contributed by atoms with E-state index in [4.69, 9.17) is 5.73 Å². The predicted octanol–water partition coefficient (Wildman–Crippen LogP) is 4.16. The van der Waals surface area contributed by atoms with Crippen LogP contribution in [0.25, 0.3) is 0 Å². The fourth-order valence-electron chi connectivity index (χ4n) is 2.83. The highest BCUT2D eigenvalue weighted by molar-refractivity contribution is 9.11. The molecule has 2 aliphatic carbocycles. The average molecular weight is 343 g/mol. The summed E-state index contributed by atoms with van der Waals surface area (Å²) < 4.78 is 1.22. The Bertz CT molecular complexity index is 426. The van der Waals surface area contributed by atoms with Crippen LogP contribution in [0.2, 0.25) is 0 Å². The van der Waals surface area contributed by atoms with Crippen molar-refractivity contribution in [1.29, 1.82) is 0 Å². The van der Waals surface area contributed by atoms with Gasteiger partial charge in [0.15, 0.2) is 0 Å². The molecule has 2 nitrogen and oxygen atoms in total. The molecule has 0 saturated heterocycles. The fourth-order valence-corrected chi connectivity index (χ4v) is 4.45. The zero-order chi connectivity index (χ0) is 13.4. The molecule has 2 unspecified atom stereocenters. The first-order valence-corrected chi connectivity index (χ1v) is 9.06. The second kappa shape index (κ2) is 5.84. The van der Waals surface area contributed by atoms with Gasteiger partial charge in [-0.25, -0.2) is 0 Å². The summed E-state index contributed by atoms with van der Waals surface area (Å²) in [6.07, 6.45) is 6.63. The van der Waals surface area contributed by atoms with Gasteiger partial charge in [-0.1, -0.05) is 6.92 Å². The van der Waals surface area contributed by atoms with Gasteiger partial charge in [0.25, 0.3) is 0 Å². The van der Waals surface area contributed by atoms with E-state index in [1.165, 1.54) is 40.9 Å². The van der Waals surface area contributed by atoms with Gasteiger partial charge in [-0.2, -0.15) is 0 Å². The molecule has 2 aliphatic rings. The molecule has 0 aliphatic heterocycles. The summed E-state index contributed by atoms with van der Waals surface area (Å²) in [5.74, 6) is 0.940. The van der Waals surface area contributed by atoms with Crippen molar-refractivity contribution in [2.45, 2.75) is 57.2 Å². The van der Waals surface area contributed by atoms with Crippen molar-refractivity contribution in [2.24, 2.45) is 11.7 Å². The SMILES string of the molecule is CCC(N)C(c1ccc(Br)s1)N(CC1CC1)C1CC1. The second-order valence-corrected chi connectivity index (χ2v) is 8.52. The molecule has 0 bridgehead atoms. The standard InChI is InChI=1S/C15H23BrN2S/c1-2-12(17)15(13-7-8-14(16)19-13)18(11-5-6-11)9-10-3-4-10/h7-8,10-12,15H,2-6,9,17H2,1H3. The van der Waals surface area contributed by atoms with Gasteiger partial charge in [0.1, 0.15) is 0 Å². The van der Waals surface area contributed by atoms with Gasteiger partial charge in [0.2, 0.25) is 0 Å². The van der Waals surface area contributed by atoms with Gasteiger partial charge in [-0.15, -0.1) is 11.3 Å². The maximum absolute atomic E-state index is 6.47. The molecular weight excluding hydrogens is 320 g/mol. The lowest BCUT2D eigenvalue weighted by Gasteiger charge is -2.35. The Hall–Kier alpha value is 0.1000. The van der Waals surface area contributed by atoms with Crippen LogP contribution < -0.4 is 5.73 Å². The minimum Gasteiger partial charge on any atom is -0.326 e. The molecule has 0 aromatic carbocycles. The molecule has 19 heavy (non-hydrogen) atoms. The largest absolute Gasteiger partial charge is 0.326 e. The van der Waals surface area contributed by atoms with Crippen LogP contribution in [0.3, 0.4) is 0 Å². The number of nitrogens with zero attached hydrogens (tertiary/aromatic N) is 1. The zero-order valence-electron chi connectivity index (χ0n) is 11.5. The molecule has 4 heteroatoms. The highest BCUT2D eigenvalue weighted by atomic mass is 79.9. The minimum absolute atomic E-state index is 0.255. The van der Waals surface area contributed by atoms with Gasteiger partial charge in [-0.3, -0.25) is 4.90 Å². The summed E-state index contributed by atoms with van der Waals surface area (Å²) in [6, 6.07) is 5.90. The second-order valence-electron chi connectivity index (χ2n) is 6.03. The van der Waals surface area contributed by atoms with Crippen LogP contribution in [0.5, 0.6) is 0 Å². The Morgan fingerprint density at radius 2 is 2.11 bits per heavy atom. The Morgan fingerprint density at radius 3 is 2.58 bits per heavy atom. The van der Waals surface area contributed by atoms with Crippen molar-refractivity contribution < 1.29 is 0 Å². The average Bonchev–Trinajstić information content (AvgIpc) is 3.29. The van der Waals surface area contributed by atoms with E-state index in [1.807, 2.05) is 11.3 Å². The highest BCUT2D eigenvalue weighted by Crippen LogP contribution is 2.42. The quantitative estimate of drug-likeness (QED) is 0.805. The highest BCUT2D eigenvalue weighted by Gasteiger charge is 2.40. The van der Waals surface area contributed by atoms with Crippen LogP contribution in [0.15, 0.2) is 15.9 Å². The summed E-state index contributed by atoms with van der Waals surface area (Å²) in [4.78, 5) is 4.16. The molecule has 3 rings (SSSR count). The first-order valence-electron chi connectivity index (χ1n) is 7.45. The monoisotopic (exact) mass is 342 g/mol. The molecule has 1 aromatic heterocycles. The van der Waals surface area contributed by atoms with E-state index in [0.29, 0.717) is 6.04 Å². The van der Waals surface area contributed by atoms with E-state index < -0.39 is 0 Å². The molecule has 2 fully saturated rings. The van der Waals surface area contributed by atoms with Crippen LogP contribution in [0.4, 0.5) is 0 Å². The summed E-state index contributed by atoms with van der Waals surface area (Å²) in [6.45, 7) is 3.47. The fraction of sp³-hybridized carbons (Fsp3) is 0.733. The smallest absolute Gasteiger partial charge is 0.0702 e. The number of hydrogen-bond donors (Lipinski definition) is 1. The van der Waals surface area contributed by atoms with Gasteiger partial charge in [0.05, 0.1) is 9.83 Å². The van der Waals surface area contributed by atoms with Crippen molar-refractivity contribution in [2.75, 3.05) is 6.54 Å². The molecule has 0 amide bonds. The summed E-state index contributed by atoms with van der Waals surface area (Å²) in [5, 5.41) is 0. The lowest BCUT2D eigenvalue weighted by molar-refractivity contribution is 0.155. The van der Waals surface area contributed by atoms with Crippen molar-refractivity contribution in [1.82, 2.24) is 4.90 Å². The van der Waals surface area contributed by atoms with Gasteiger partial charge in [0, 0.05) is 23.5 Å². The summed E-state index contributed by atoms with van der Waals surface area (Å²) >= 11 is 5.45. The first-order chi connectivity index (χ1) is 9.19. The Labute approximate surface area is 128 Å². The lowest BCUT2D eigenvalue weighted by atomic mass is 10.0. The summed E-state index contributed by atoms with van der Waals surface area (Å²) in [7, 11) is 0. The molecule has 106 valence electrons. The van der Waals surface area contributed by atoms with E-state index >= 15 is 0 Å².